The number of rotatable bonds is 4. The first-order valence-corrected chi connectivity index (χ1v) is 6.87. The molecule has 0 saturated carbocycles. The fraction of sp³-hybridized carbons (Fsp3) is 0.267. The van der Waals surface area contributed by atoms with Gasteiger partial charge in [0.15, 0.2) is 0 Å². The van der Waals surface area contributed by atoms with Crippen molar-refractivity contribution < 1.29 is 4.79 Å². The number of aryl methyl sites for hydroxylation is 2. The number of nitrogens with one attached hydrogen (secondary N) is 1. The number of halogens is 1. The Morgan fingerprint density at radius 3 is 2.90 bits per heavy atom. The van der Waals surface area contributed by atoms with Crippen LogP contribution in [-0.2, 0) is 6.42 Å². The van der Waals surface area contributed by atoms with Crippen LogP contribution in [0.3, 0.4) is 0 Å². The third-order valence-corrected chi connectivity index (χ3v) is 3.05. The topological polar surface area (TPSA) is 54.9 Å². The first-order valence-electron chi connectivity index (χ1n) is 6.49. The normalized spacial score (nSPS) is 10.3. The SMILES string of the molecule is CCCc1cc(C(=O)Nc2ncccc2C)cc(Cl)n1. The third-order valence-electron chi connectivity index (χ3n) is 2.86. The van der Waals surface area contributed by atoms with Gasteiger partial charge in [-0.05, 0) is 37.1 Å². The summed E-state index contributed by atoms with van der Waals surface area (Å²) in [5, 5.41) is 3.12. The molecule has 2 aromatic heterocycles. The van der Waals surface area contributed by atoms with Gasteiger partial charge in [-0.1, -0.05) is 31.0 Å². The summed E-state index contributed by atoms with van der Waals surface area (Å²) in [5.74, 6) is 0.330. The van der Waals surface area contributed by atoms with Gasteiger partial charge in [0.2, 0.25) is 0 Å². The van der Waals surface area contributed by atoms with E-state index in [0.29, 0.717) is 16.5 Å². The number of hydrogen-bond acceptors (Lipinski definition) is 3. The maximum absolute atomic E-state index is 12.2. The van der Waals surface area contributed by atoms with E-state index in [1.807, 2.05) is 19.1 Å². The molecule has 0 aliphatic rings. The summed E-state index contributed by atoms with van der Waals surface area (Å²) >= 11 is 5.96. The molecule has 0 aliphatic carbocycles. The van der Waals surface area contributed by atoms with E-state index < -0.39 is 0 Å². The monoisotopic (exact) mass is 289 g/mol. The molecular formula is C15H16ClN3O. The van der Waals surface area contributed by atoms with E-state index in [-0.39, 0.29) is 5.91 Å². The zero-order chi connectivity index (χ0) is 14.5. The lowest BCUT2D eigenvalue weighted by Gasteiger charge is -2.08. The van der Waals surface area contributed by atoms with Gasteiger partial charge >= 0.3 is 0 Å². The van der Waals surface area contributed by atoms with Crippen LogP contribution < -0.4 is 5.32 Å². The minimum absolute atomic E-state index is 0.228. The molecule has 2 heterocycles. The first-order chi connectivity index (χ1) is 9.60. The van der Waals surface area contributed by atoms with Crippen molar-refractivity contribution in [1.82, 2.24) is 9.97 Å². The van der Waals surface area contributed by atoms with Gasteiger partial charge in [-0.15, -0.1) is 0 Å². The Kier molecular flexibility index (Phi) is 4.69. The summed E-state index contributed by atoms with van der Waals surface area (Å²) in [6.45, 7) is 3.95. The smallest absolute Gasteiger partial charge is 0.256 e. The van der Waals surface area contributed by atoms with Crippen LogP contribution in [-0.4, -0.2) is 15.9 Å². The maximum Gasteiger partial charge on any atom is 0.256 e. The number of aromatic nitrogens is 2. The van der Waals surface area contributed by atoms with Gasteiger partial charge in [-0.2, -0.15) is 0 Å². The summed E-state index contributed by atoms with van der Waals surface area (Å²) in [6.07, 6.45) is 3.39. The Morgan fingerprint density at radius 1 is 1.40 bits per heavy atom. The number of carbonyl (C=O) groups excluding carboxylic acids is 1. The molecule has 0 saturated heterocycles. The van der Waals surface area contributed by atoms with E-state index in [2.05, 4.69) is 22.2 Å². The van der Waals surface area contributed by atoms with E-state index in [1.54, 1.807) is 18.3 Å². The molecule has 0 atom stereocenters. The van der Waals surface area contributed by atoms with Crippen LogP contribution in [0.4, 0.5) is 5.82 Å². The number of hydrogen-bond donors (Lipinski definition) is 1. The molecule has 0 radical (unpaired) electrons. The second kappa shape index (κ2) is 6.48. The van der Waals surface area contributed by atoms with Crippen molar-refractivity contribution >= 4 is 23.3 Å². The largest absolute Gasteiger partial charge is 0.306 e. The van der Waals surface area contributed by atoms with Crippen LogP contribution >= 0.6 is 11.6 Å². The van der Waals surface area contributed by atoms with Crippen LogP contribution in [0, 0.1) is 6.92 Å². The van der Waals surface area contributed by atoms with E-state index in [9.17, 15) is 4.79 Å². The molecule has 0 aliphatic heterocycles. The second-order valence-corrected chi connectivity index (χ2v) is 4.93. The van der Waals surface area contributed by atoms with E-state index in [1.165, 1.54) is 0 Å². The maximum atomic E-state index is 12.2. The van der Waals surface area contributed by atoms with Crippen LogP contribution in [0.1, 0.15) is 35.0 Å². The fourth-order valence-corrected chi connectivity index (χ4v) is 2.09. The van der Waals surface area contributed by atoms with Crippen molar-refractivity contribution in [3.05, 3.63) is 52.4 Å². The average Bonchev–Trinajstić information content (AvgIpc) is 2.41. The lowest BCUT2D eigenvalue weighted by Crippen LogP contribution is -2.14. The minimum Gasteiger partial charge on any atom is -0.306 e. The molecule has 20 heavy (non-hydrogen) atoms. The van der Waals surface area contributed by atoms with Crippen molar-refractivity contribution in [2.45, 2.75) is 26.7 Å². The van der Waals surface area contributed by atoms with Gasteiger partial charge in [-0.25, -0.2) is 9.97 Å². The number of nitrogens with zero attached hydrogens (tertiary/aromatic N) is 2. The quantitative estimate of drug-likeness (QED) is 0.874. The molecule has 2 aromatic rings. The van der Waals surface area contributed by atoms with Crippen molar-refractivity contribution in [2.75, 3.05) is 5.32 Å². The number of pyridine rings is 2. The molecular weight excluding hydrogens is 274 g/mol. The van der Waals surface area contributed by atoms with Gasteiger partial charge in [-0.3, -0.25) is 4.79 Å². The zero-order valence-corrected chi connectivity index (χ0v) is 12.2. The number of anilines is 1. The highest BCUT2D eigenvalue weighted by Gasteiger charge is 2.11. The standard InChI is InChI=1S/C15H16ClN3O/c1-3-5-12-8-11(9-13(16)18-12)15(20)19-14-10(2)6-4-7-17-14/h4,6-9H,3,5H2,1-2H3,(H,17,19,20). The minimum atomic E-state index is -0.228. The van der Waals surface area contributed by atoms with E-state index >= 15 is 0 Å². The Balaban J connectivity index is 2.23. The first kappa shape index (κ1) is 14.5. The third kappa shape index (κ3) is 3.54. The summed E-state index contributed by atoms with van der Waals surface area (Å²) in [4.78, 5) is 20.6. The Bertz CT molecular complexity index is 628. The number of carbonyl (C=O) groups is 1. The summed E-state index contributed by atoms with van der Waals surface area (Å²) in [7, 11) is 0. The molecule has 1 amide bonds. The lowest BCUT2D eigenvalue weighted by molar-refractivity contribution is 0.102. The molecule has 104 valence electrons. The van der Waals surface area contributed by atoms with Gasteiger partial charge in [0.25, 0.3) is 5.91 Å². The van der Waals surface area contributed by atoms with Gasteiger partial charge in [0.05, 0.1) is 0 Å². The summed E-state index contributed by atoms with van der Waals surface area (Å²) < 4.78 is 0. The van der Waals surface area contributed by atoms with Crippen LogP contribution in [0.15, 0.2) is 30.5 Å². The van der Waals surface area contributed by atoms with Crippen LogP contribution in [0.2, 0.25) is 5.15 Å². The van der Waals surface area contributed by atoms with E-state index in [4.69, 9.17) is 11.6 Å². The molecule has 0 spiro atoms. The molecule has 0 bridgehead atoms. The van der Waals surface area contributed by atoms with Crippen molar-refractivity contribution in [3.8, 4) is 0 Å². The Labute approximate surface area is 123 Å². The second-order valence-electron chi connectivity index (χ2n) is 4.54. The zero-order valence-electron chi connectivity index (χ0n) is 11.5. The van der Waals surface area contributed by atoms with Crippen LogP contribution in [0.5, 0.6) is 0 Å². The predicted molar refractivity (Wildman–Crippen MR) is 80.2 cm³/mol. The molecule has 0 fully saturated rings. The molecule has 4 nitrogen and oxygen atoms in total. The lowest BCUT2D eigenvalue weighted by atomic mass is 10.1. The average molecular weight is 290 g/mol. The van der Waals surface area contributed by atoms with Gasteiger partial charge in [0.1, 0.15) is 11.0 Å². The highest BCUT2D eigenvalue weighted by molar-refractivity contribution is 6.29. The highest BCUT2D eigenvalue weighted by Crippen LogP contribution is 2.15. The molecule has 2 rings (SSSR count). The highest BCUT2D eigenvalue weighted by atomic mass is 35.5. The van der Waals surface area contributed by atoms with Crippen molar-refractivity contribution in [2.24, 2.45) is 0 Å². The number of amides is 1. The van der Waals surface area contributed by atoms with Crippen molar-refractivity contribution in [1.29, 1.82) is 0 Å². The summed E-state index contributed by atoms with van der Waals surface area (Å²) in [6, 6.07) is 7.05. The molecule has 0 unspecified atom stereocenters. The van der Waals surface area contributed by atoms with Gasteiger partial charge < -0.3 is 5.32 Å². The van der Waals surface area contributed by atoms with Crippen LogP contribution in [0.25, 0.3) is 0 Å². The predicted octanol–water partition coefficient (Wildman–Crippen LogP) is 3.64. The van der Waals surface area contributed by atoms with E-state index in [0.717, 1.165) is 24.1 Å². The molecule has 5 heteroatoms. The van der Waals surface area contributed by atoms with Gasteiger partial charge in [0, 0.05) is 17.5 Å². The fourth-order valence-electron chi connectivity index (χ4n) is 1.86. The molecule has 1 N–H and O–H groups in total. The Morgan fingerprint density at radius 2 is 2.20 bits per heavy atom. The summed E-state index contributed by atoms with van der Waals surface area (Å²) in [5.41, 5.74) is 2.23. The molecule has 0 aromatic carbocycles. The Hall–Kier alpha value is -1.94. The van der Waals surface area contributed by atoms with Crippen molar-refractivity contribution in [3.63, 3.8) is 0 Å².